The molecule has 0 rings (SSSR count). The third-order valence-electron chi connectivity index (χ3n) is 8.28. The molecular formula is C50H76O6. The maximum absolute atomic E-state index is 12.6. The van der Waals surface area contributed by atoms with Crippen LogP contribution in [-0.4, -0.2) is 37.2 Å². The first kappa shape index (κ1) is 51.8. The van der Waals surface area contributed by atoms with E-state index in [1.165, 1.54) is 32.1 Å². The Kier molecular flexibility index (Phi) is 40.3. The van der Waals surface area contributed by atoms with Gasteiger partial charge in [0.1, 0.15) is 13.2 Å². The molecule has 0 aliphatic carbocycles. The summed E-state index contributed by atoms with van der Waals surface area (Å²) < 4.78 is 16.4. The summed E-state index contributed by atoms with van der Waals surface area (Å²) in [4.78, 5) is 37.5. The van der Waals surface area contributed by atoms with E-state index in [4.69, 9.17) is 14.2 Å². The fourth-order valence-corrected chi connectivity index (χ4v) is 5.12. The van der Waals surface area contributed by atoms with Gasteiger partial charge in [0.25, 0.3) is 0 Å². The number of esters is 3. The highest BCUT2D eigenvalue weighted by molar-refractivity contribution is 5.72. The number of hydrogen-bond acceptors (Lipinski definition) is 6. The molecule has 0 radical (unpaired) electrons. The summed E-state index contributed by atoms with van der Waals surface area (Å²) >= 11 is 0. The molecular weight excluding hydrogens is 697 g/mol. The largest absolute Gasteiger partial charge is 0.462 e. The van der Waals surface area contributed by atoms with Crippen molar-refractivity contribution in [3.63, 3.8) is 0 Å². The van der Waals surface area contributed by atoms with Crippen LogP contribution >= 0.6 is 0 Å². The topological polar surface area (TPSA) is 78.9 Å². The Morgan fingerprint density at radius 1 is 0.375 bits per heavy atom. The molecule has 0 spiro atoms. The standard InChI is InChI=1S/C50H76O6/c1-4-7-10-13-16-19-21-23-25-27-29-31-34-37-40-43-49(52)55-46-47(45-54-48(51)42-39-36-33-18-15-12-9-6-3)56-50(53)44-41-38-35-32-30-28-26-24-22-20-17-14-11-8-5-2/h7-8,10-11,16-17,19-20,23-26,29-32,37-38,40-41,47H,4-6,9,12-15,18,21-22,27-28,33-36,39,42-46H2,1-3H3/b10-7-,11-8-,19-16-,20-17-,25-23-,26-24-,31-29-,32-30-,40-37-,41-38-. The van der Waals surface area contributed by atoms with E-state index in [2.05, 4.69) is 118 Å². The zero-order valence-electron chi connectivity index (χ0n) is 35.3. The summed E-state index contributed by atoms with van der Waals surface area (Å²) in [7, 11) is 0. The van der Waals surface area contributed by atoms with Crippen molar-refractivity contribution in [3.8, 4) is 0 Å². The van der Waals surface area contributed by atoms with Crippen molar-refractivity contribution in [2.24, 2.45) is 0 Å². The van der Waals surface area contributed by atoms with Crippen LogP contribution in [0, 0.1) is 0 Å². The summed E-state index contributed by atoms with van der Waals surface area (Å²) in [5, 5.41) is 0. The number of carbonyl (C=O) groups is 3. The fourth-order valence-electron chi connectivity index (χ4n) is 5.12. The van der Waals surface area contributed by atoms with Gasteiger partial charge >= 0.3 is 17.9 Å². The third-order valence-corrected chi connectivity index (χ3v) is 8.28. The molecule has 0 aromatic rings. The number of allylic oxidation sites excluding steroid dienone is 18. The number of ether oxygens (including phenoxy) is 3. The highest BCUT2D eigenvalue weighted by Crippen LogP contribution is 2.11. The Balaban J connectivity index is 4.66. The molecule has 0 saturated heterocycles. The molecule has 0 N–H and O–H groups in total. The Labute approximate surface area is 342 Å². The van der Waals surface area contributed by atoms with Crippen molar-refractivity contribution in [1.29, 1.82) is 0 Å². The molecule has 6 heteroatoms. The van der Waals surface area contributed by atoms with Crippen molar-refractivity contribution in [2.75, 3.05) is 13.2 Å². The maximum Gasteiger partial charge on any atom is 0.310 e. The Morgan fingerprint density at radius 2 is 0.696 bits per heavy atom. The molecule has 56 heavy (non-hydrogen) atoms. The van der Waals surface area contributed by atoms with E-state index < -0.39 is 18.0 Å². The molecule has 312 valence electrons. The second-order valence-electron chi connectivity index (χ2n) is 13.5. The van der Waals surface area contributed by atoms with Crippen molar-refractivity contribution >= 4 is 17.9 Å². The van der Waals surface area contributed by atoms with Crippen LogP contribution in [0.25, 0.3) is 0 Å². The summed E-state index contributed by atoms with van der Waals surface area (Å²) in [5.74, 6) is -1.24. The monoisotopic (exact) mass is 773 g/mol. The Hall–Kier alpha value is -4.19. The van der Waals surface area contributed by atoms with Gasteiger partial charge in [-0.25, -0.2) is 0 Å². The Bertz CT molecular complexity index is 1260. The van der Waals surface area contributed by atoms with E-state index in [1.807, 2.05) is 12.2 Å². The average molecular weight is 773 g/mol. The van der Waals surface area contributed by atoms with Crippen LogP contribution in [0.5, 0.6) is 0 Å². The minimum Gasteiger partial charge on any atom is -0.462 e. The molecule has 0 aliphatic heterocycles. The van der Waals surface area contributed by atoms with Crippen LogP contribution in [-0.2, 0) is 28.6 Å². The van der Waals surface area contributed by atoms with Gasteiger partial charge in [-0.05, 0) is 70.6 Å². The van der Waals surface area contributed by atoms with Gasteiger partial charge in [-0.15, -0.1) is 0 Å². The predicted molar refractivity (Wildman–Crippen MR) is 237 cm³/mol. The van der Waals surface area contributed by atoms with Crippen molar-refractivity contribution in [3.05, 3.63) is 122 Å². The molecule has 6 nitrogen and oxygen atoms in total. The molecule has 0 saturated carbocycles. The smallest absolute Gasteiger partial charge is 0.310 e. The molecule has 1 unspecified atom stereocenters. The summed E-state index contributed by atoms with van der Waals surface area (Å²) in [6.45, 7) is 6.15. The zero-order chi connectivity index (χ0) is 40.8. The van der Waals surface area contributed by atoms with E-state index in [1.54, 1.807) is 12.2 Å². The molecule has 0 aromatic carbocycles. The van der Waals surface area contributed by atoms with Gasteiger partial charge in [0.05, 0.1) is 12.8 Å². The van der Waals surface area contributed by atoms with Crippen LogP contribution in [0.15, 0.2) is 122 Å². The van der Waals surface area contributed by atoms with E-state index in [9.17, 15) is 14.4 Å². The average Bonchev–Trinajstić information content (AvgIpc) is 3.19. The van der Waals surface area contributed by atoms with Crippen LogP contribution in [0.3, 0.4) is 0 Å². The van der Waals surface area contributed by atoms with Crippen molar-refractivity contribution in [2.45, 2.75) is 162 Å². The van der Waals surface area contributed by atoms with E-state index >= 15 is 0 Å². The highest BCUT2D eigenvalue weighted by Gasteiger charge is 2.19. The summed E-state index contributed by atoms with van der Waals surface area (Å²) in [6.07, 6.45) is 59.5. The minimum absolute atomic E-state index is 0.0736. The number of carbonyl (C=O) groups excluding carboxylic acids is 3. The van der Waals surface area contributed by atoms with E-state index in [-0.39, 0.29) is 32.0 Å². The van der Waals surface area contributed by atoms with Gasteiger partial charge in [0.15, 0.2) is 6.10 Å². The van der Waals surface area contributed by atoms with Crippen LogP contribution < -0.4 is 0 Å². The summed E-state index contributed by atoms with van der Waals surface area (Å²) in [5.41, 5.74) is 0. The normalized spacial score (nSPS) is 13.3. The van der Waals surface area contributed by atoms with Crippen LogP contribution in [0.4, 0.5) is 0 Å². The van der Waals surface area contributed by atoms with Gasteiger partial charge in [-0.2, -0.15) is 0 Å². The van der Waals surface area contributed by atoms with Gasteiger partial charge in [0.2, 0.25) is 0 Å². The van der Waals surface area contributed by atoms with Gasteiger partial charge in [-0.1, -0.05) is 187 Å². The van der Waals surface area contributed by atoms with Gasteiger partial charge in [0, 0.05) is 6.42 Å². The maximum atomic E-state index is 12.6. The first-order valence-electron chi connectivity index (χ1n) is 21.5. The molecule has 0 bridgehead atoms. The van der Waals surface area contributed by atoms with Crippen LogP contribution in [0.1, 0.15) is 156 Å². The van der Waals surface area contributed by atoms with Gasteiger partial charge in [-0.3, -0.25) is 14.4 Å². The van der Waals surface area contributed by atoms with Crippen LogP contribution in [0.2, 0.25) is 0 Å². The van der Waals surface area contributed by atoms with Gasteiger partial charge < -0.3 is 14.2 Å². The fraction of sp³-hybridized carbons (Fsp3) is 0.540. The van der Waals surface area contributed by atoms with Crippen molar-refractivity contribution in [1.82, 2.24) is 0 Å². The molecule has 0 aliphatic rings. The third kappa shape index (κ3) is 41.0. The van der Waals surface area contributed by atoms with Crippen molar-refractivity contribution < 1.29 is 28.6 Å². The zero-order valence-corrected chi connectivity index (χ0v) is 35.3. The second kappa shape index (κ2) is 43.5. The van der Waals surface area contributed by atoms with E-state index in [0.29, 0.717) is 12.8 Å². The predicted octanol–water partition coefficient (Wildman–Crippen LogP) is 13.8. The second-order valence-corrected chi connectivity index (χ2v) is 13.5. The minimum atomic E-state index is -0.870. The highest BCUT2D eigenvalue weighted by atomic mass is 16.6. The molecule has 1 atom stereocenters. The molecule has 0 fully saturated rings. The molecule has 0 heterocycles. The first-order chi connectivity index (χ1) is 27.5. The summed E-state index contributed by atoms with van der Waals surface area (Å²) in [6, 6.07) is 0. The number of unbranched alkanes of at least 4 members (excludes halogenated alkanes) is 7. The molecule has 0 amide bonds. The first-order valence-corrected chi connectivity index (χ1v) is 21.5. The lowest BCUT2D eigenvalue weighted by Crippen LogP contribution is -2.30. The van der Waals surface area contributed by atoms with E-state index in [0.717, 1.165) is 77.0 Å². The molecule has 0 aromatic heterocycles. The lowest BCUT2D eigenvalue weighted by molar-refractivity contribution is -0.166. The lowest BCUT2D eigenvalue weighted by atomic mass is 10.1. The number of hydrogen-bond donors (Lipinski definition) is 0. The SMILES string of the molecule is CC/C=C\C/C=C\C/C=C\C/C=C\C/C=C\CC(=O)OCC(COC(=O)CCCCCCCCCC)OC(=O)C/C=C\C/C=C\C/C=C\C/C=C\C/C=C\CC. The lowest BCUT2D eigenvalue weighted by Gasteiger charge is -2.17. The quantitative estimate of drug-likeness (QED) is 0.0273. The number of rotatable bonds is 36. The Morgan fingerprint density at radius 3 is 1.09 bits per heavy atom.